The minimum absolute atomic E-state index is 0.108. The van der Waals surface area contributed by atoms with Crippen molar-refractivity contribution in [3.63, 3.8) is 0 Å². The monoisotopic (exact) mass is 361 g/mol. The summed E-state index contributed by atoms with van der Waals surface area (Å²) >= 11 is -1.91. The molecule has 94 valence electrons. The van der Waals surface area contributed by atoms with Crippen LogP contribution < -0.4 is 10.1 Å². The summed E-state index contributed by atoms with van der Waals surface area (Å²) in [6.07, 6.45) is 0.186. The number of carbonyl (C=O) groups excluding carboxylic acids is 1. The van der Waals surface area contributed by atoms with Crippen molar-refractivity contribution in [1.29, 1.82) is 0 Å². The van der Waals surface area contributed by atoms with Crippen LogP contribution in [-0.2, 0) is 18.3 Å². The van der Waals surface area contributed by atoms with E-state index >= 15 is 0 Å². The molecule has 1 heterocycles. The second-order valence-electron chi connectivity index (χ2n) is 3.53. The Balaban J connectivity index is 2.44. The first kappa shape index (κ1) is 13.0. The number of anilines is 1. The molecule has 1 N–H and O–H groups in total. The molecule has 0 saturated heterocycles. The van der Waals surface area contributed by atoms with Crippen LogP contribution >= 0.6 is 19.4 Å². The third kappa shape index (κ3) is 2.87. The molecule has 0 aliphatic carbocycles. The van der Waals surface area contributed by atoms with Gasteiger partial charge in [0, 0.05) is 0 Å². The summed E-state index contributed by atoms with van der Waals surface area (Å²) in [5.41, 5.74) is 1.53. The van der Waals surface area contributed by atoms with Crippen LogP contribution in [0.15, 0.2) is 18.2 Å². The average Bonchev–Trinajstić information content (AvgIpc) is 2.27. The molecule has 6 heteroatoms. The van der Waals surface area contributed by atoms with Gasteiger partial charge in [0.15, 0.2) is 0 Å². The fourth-order valence-electron chi connectivity index (χ4n) is 1.63. The van der Waals surface area contributed by atoms with Gasteiger partial charge in [0.05, 0.1) is 0 Å². The van der Waals surface area contributed by atoms with Crippen LogP contribution in [0.5, 0.6) is 5.75 Å². The van der Waals surface area contributed by atoms with Gasteiger partial charge in [-0.05, 0) is 0 Å². The molecule has 1 aromatic rings. The van der Waals surface area contributed by atoms with Crippen molar-refractivity contribution in [1.82, 2.24) is 0 Å². The average molecular weight is 361 g/mol. The fourth-order valence-corrected chi connectivity index (χ4v) is 3.41. The van der Waals surface area contributed by atoms with E-state index in [1.807, 2.05) is 23.7 Å². The maximum absolute atomic E-state index is 11.6. The predicted molar refractivity (Wildman–Crippen MR) is 66.7 cm³/mol. The Kier molecular flexibility index (Phi) is 4.19. The Hall–Kier alpha value is -0.437. The first-order valence-electron chi connectivity index (χ1n) is 5.05. The maximum atomic E-state index is 11.6. The van der Waals surface area contributed by atoms with Crippen LogP contribution in [0.2, 0.25) is 0 Å². The van der Waals surface area contributed by atoms with E-state index in [4.69, 9.17) is 24.1 Å². The van der Waals surface area contributed by atoms with Gasteiger partial charge in [-0.2, -0.15) is 0 Å². The van der Waals surface area contributed by atoms with E-state index in [2.05, 4.69) is 5.32 Å². The van der Waals surface area contributed by atoms with Crippen molar-refractivity contribution in [3.8, 4) is 5.75 Å². The molecule has 0 saturated carbocycles. The standard InChI is InChI=1S/C11H11NO2.2ClH.Ru/c1-3-9-11(13)12-8-6-4-5-7(2)10(8)14-9;;;/h2,4-6,9H,3H2,1H3,(H,12,13);2*1H;/q;;;+2/p-2. The summed E-state index contributed by atoms with van der Waals surface area (Å²) in [6, 6.07) is 5.52. The van der Waals surface area contributed by atoms with Crippen LogP contribution in [-0.4, -0.2) is 16.6 Å². The number of nitrogens with one attached hydrogen (secondary N) is 1. The molecule has 1 unspecified atom stereocenters. The summed E-state index contributed by atoms with van der Waals surface area (Å²) in [5, 5.41) is 2.82. The zero-order chi connectivity index (χ0) is 12.4. The number of hydrogen-bond acceptors (Lipinski definition) is 2. The van der Waals surface area contributed by atoms with Gasteiger partial charge >= 0.3 is 113 Å². The zero-order valence-corrected chi connectivity index (χ0v) is 12.3. The molecular formula is C11H11Cl2NO2Ru. The molecule has 1 amide bonds. The van der Waals surface area contributed by atoms with Gasteiger partial charge in [-0.1, -0.05) is 0 Å². The molecule has 3 nitrogen and oxygen atoms in total. The topological polar surface area (TPSA) is 38.3 Å². The molecule has 1 aliphatic rings. The van der Waals surface area contributed by atoms with Gasteiger partial charge in [-0.15, -0.1) is 0 Å². The van der Waals surface area contributed by atoms with E-state index in [0.29, 0.717) is 17.9 Å². The molecule has 1 aliphatic heterocycles. The van der Waals surface area contributed by atoms with Gasteiger partial charge in [-0.25, -0.2) is 0 Å². The molecule has 1 atom stereocenters. The predicted octanol–water partition coefficient (Wildman–Crippen LogP) is 2.87. The summed E-state index contributed by atoms with van der Waals surface area (Å²) < 4.78 is 7.50. The Bertz CT molecular complexity index is 486. The van der Waals surface area contributed by atoms with Crippen LogP contribution in [0.1, 0.15) is 18.9 Å². The normalized spacial score (nSPS) is 18.9. The Morgan fingerprint density at radius 2 is 2.29 bits per heavy atom. The number of halogens is 2. The van der Waals surface area contributed by atoms with E-state index < -0.39 is 19.6 Å². The number of para-hydroxylation sites is 1. The molecule has 17 heavy (non-hydrogen) atoms. The van der Waals surface area contributed by atoms with Crippen molar-refractivity contribution in [2.24, 2.45) is 0 Å². The second-order valence-corrected chi connectivity index (χ2v) is 9.26. The molecule has 0 bridgehead atoms. The quantitative estimate of drug-likeness (QED) is 0.823. The van der Waals surface area contributed by atoms with Crippen molar-refractivity contribution in [2.45, 2.75) is 19.4 Å². The molecule has 0 aromatic heterocycles. The summed E-state index contributed by atoms with van der Waals surface area (Å²) in [6.45, 7) is 1.91. The third-order valence-electron chi connectivity index (χ3n) is 2.41. The van der Waals surface area contributed by atoms with Gasteiger partial charge in [0.1, 0.15) is 0 Å². The Labute approximate surface area is 113 Å². The number of benzene rings is 1. The summed E-state index contributed by atoms with van der Waals surface area (Å²) in [5.74, 6) is 0.557. The van der Waals surface area contributed by atoms with Gasteiger partial charge in [0.2, 0.25) is 0 Å². The Morgan fingerprint density at radius 1 is 1.53 bits per heavy atom. The van der Waals surface area contributed by atoms with Crippen LogP contribution in [0.25, 0.3) is 0 Å². The van der Waals surface area contributed by atoms with E-state index in [9.17, 15) is 4.79 Å². The van der Waals surface area contributed by atoms with Crippen LogP contribution in [0.3, 0.4) is 0 Å². The van der Waals surface area contributed by atoms with Gasteiger partial charge < -0.3 is 0 Å². The SMILES string of the molecule is CCC1Oc2c([CH]=[Ru]([Cl])[Cl])cccc2NC1=O. The van der Waals surface area contributed by atoms with Gasteiger partial charge in [-0.3, -0.25) is 0 Å². The van der Waals surface area contributed by atoms with Crippen LogP contribution in [0, 0.1) is 0 Å². The van der Waals surface area contributed by atoms with E-state index in [-0.39, 0.29) is 5.91 Å². The number of hydrogen-bond donors (Lipinski definition) is 1. The number of amides is 1. The van der Waals surface area contributed by atoms with Crippen molar-refractivity contribution in [2.75, 3.05) is 5.32 Å². The summed E-state index contributed by atoms with van der Waals surface area (Å²) in [4.78, 5) is 11.6. The molecular weight excluding hydrogens is 350 g/mol. The van der Waals surface area contributed by atoms with E-state index in [0.717, 1.165) is 5.56 Å². The summed E-state index contributed by atoms with van der Waals surface area (Å²) in [7, 11) is 11.7. The zero-order valence-electron chi connectivity index (χ0n) is 9.02. The number of fused-ring (bicyclic) bond motifs is 1. The van der Waals surface area contributed by atoms with Crippen molar-refractivity contribution >= 4 is 35.6 Å². The molecule has 0 fully saturated rings. The van der Waals surface area contributed by atoms with Crippen molar-refractivity contribution < 1.29 is 23.0 Å². The van der Waals surface area contributed by atoms with E-state index in [1.54, 1.807) is 6.07 Å². The minimum atomic E-state index is -1.91. The molecule has 0 radical (unpaired) electrons. The molecule has 2 rings (SSSR count). The molecule has 1 aromatic carbocycles. The molecule has 0 spiro atoms. The number of carbonyl (C=O) groups is 1. The Morgan fingerprint density at radius 3 is 2.94 bits per heavy atom. The number of ether oxygens (including phenoxy) is 1. The fraction of sp³-hybridized carbons (Fsp3) is 0.273. The number of rotatable bonds is 2. The van der Waals surface area contributed by atoms with Gasteiger partial charge in [0.25, 0.3) is 0 Å². The second kappa shape index (κ2) is 5.47. The van der Waals surface area contributed by atoms with Crippen molar-refractivity contribution in [3.05, 3.63) is 23.8 Å². The third-order valence-corrected chi connectivity index (χ3v) is 4.25. The first-order valence-corrected chi connectivity index (χ1v) is 10.5. The first-order chi connectivity index (χ1) is 8.11. The van der Waals surface area contributed by atoms with Crippen LogP contribution in [0.4, 0.5) is 5.69 Å². The van der Waals surface area contributed by atoms with E-state index in [1.165, 1.54) is 0 Å².